The third-order valence-electron chi connectivity index (χ3n) is 2.79. The van der Waals surface area contributed by atoms with Gasteiger partial charge in [0.05, 0.1) is 12.6 Å². The average molecular weight is 258 g/mol. The van der Waals surface area contributed by atoms with E-state index in [4.69, 9.17) is 16.3 Å². The van der Waals surface area contributed by atoms with Crippen LogP contribution in [0.2, 0.25) is 5.15 Å². The first-order chi connectivity index (χ1) is 7.99. The van der Waals surface area contributed by atoms with Crippen LogP contribution in [-0.4, -0.2) is 36.8 Å². The van der Waals surface area contributed by atoms with Crippen LogP contribution in [0.5, 0.6) is 0 Å². The molecule has 96 valence electrons. The molecule has 0 N–H and O–H groups in total. The molecule has 0 amide bonds. The Morgan fingerprint density at radius 3 is 2.53 bits per heavy atom. The second-order valence-electron chi connectivity index (χ2n) is 4.47. The number of hydrogen-bond donors (Lipinski definition) is 0. The van der Waals surface area contributed by atoms with Gasteiger partial charge >= 0.3 is 0 Å². The van der Waals surface area contributed by atoms with Gasteiger partial charge in [-0.15, -0.1) is 0 Å². The molecule has 0 aliphatic rings. The molecule has 1 aromatic heterocycles. The highest BCUT2D eigenvalue weighted by atomic mass is 35.5. The Labute approximate surface area is 108 Å². The summed E-state index contributed by atoms with van der Waals surface area (Å²) in [5.74, 6) is 1.17. The lowest BCUT2D eigenvalue weighted by Gasteiger charge is -2.28. The average Bonchev–Trinajstić information content (AvgIpc) is 2.27. The summed E-state index contributed by atoms with van der Waals surface area (Å²) in [4.78, 5) is 10.5. The first-order valence-electron chi connectivity index (χ1n) is 5.71. The summed E-state index contributed by atoms with van der Waals surface area (Å²) in [6, 6.07) is 0.239. The van der Waals surface area contributed by atoms with Crippen LogP contribution < -0.4 is 4.90 Å². The molecular weight excluding hydrogens is 238 g/mol. The number of nitrogens with zero attached hydrogens (tertiary/aromatic N) is 3. The summed E-state index contributed by atoms with van der Waals surface area (Å²) in [5.41, 5.74) is 0.986. The summed E-state index contributed by atoms with van der Waals surface area (Å²) in [6.45, 7) is 6.91. The van der Waals surface area contributed by atoms with Crippen molar-refractivity contribution in [1.29, 1.82) is 0 Å². The molecule has 0 spiro atoms. The quantitative estimate of drug-likeness (QED) is 0.761. The molecule has 0 radical (unpaired) electrons. The number of likely N-dealkylation sites (N-methyl/N-ethyl adjacent to an activating group) is 1. The van der Waals surface area contributed by atoms with Crippen molar-refractivity contribution >= 4 is 17.4 Å². The molecular formula is C12H20ClN3O. The number of rotatable bonds is 5. The van der Waals surface area contributed by atoms with Crippen molar-refractivity contribution in [2.45, 2.75) is 32.7 Å². The fraction of sp³-hybridized carbons (Fsp3) is 0.667. The summed E-state index contributed by atoms with van der Waals surface area (Å²) in [7, 11) is 3.69. The van der Waals surface area contributed by atoms with Gasteiger partial charge in [-0.05, 0) is 12.8 Å². The van der Waals surface area contributed by atoms with Gasteiger partial charge in [-0.1, -0.05) is 25.4 Å². The van der Waals surface area contributed by atoms with E-state index in [1.54, 1.807) is 7.11 Å². The highest BCUT2D eigenvalue weighted by Gasteiger charge is 2.19. The first kappa shape index (κ1) is 14.2. The van der Waals surface area contributed by atoms with Gasteiger partial charge in [0.15, 0.2) is 0 Å². The minimum Gasteiger partial charge on any atom is -0.383 e. The van der Waals surface area contributed by atoms with E-state index in [2.05, 4.69) is 35.6 Å². The van der Waals surface area contributed by atoms with E-state index in [-0.39, 0.29) is 12.0 Å². The summed E-state index contributed by atoms with van der Waals surface area (Å²) in [5, 5.41) is 0.529. The molecule has 1 rings (SSSR count). The Bertz CT molecular complexity index is 371. The molecule has 17 heavy (non-hydrogen) atoms. The number of hydrogen-bond acceptors (Lipinski definition) is 4. The Kier molecular flexibility index (Phi) is 5.15. The Morgan fingerprint density at radius 1 is 1.35 bits per heavy atom. The maximum absolute atomic E-state index is 6.14. The Morgan fingerprint density at radius 2 is 2.00 bits per heavy atom. The number of halogens is 1. The molecule has 4 nitrogen and oxygen atoms in total. The maximum atomic E-state index is 6.14. The molecule has 0 aliphatic heterocycles. The van der Waals surface area contributed by atoms with Crippen LogP contribution in [0.4, 0.5) is 5.82 Å². The van der Waals surface area contributed by atoms with E-state index in [0.29, 0.717) is 11.8 Å². The minimum absolute atomic E-state index is 0.239. The van der Waals surface area contributed by atoms with Gasteiger partial charge in [-0.25, -0.2) is 9.97 Å². The molecule has 1 heterocycles. The summed E-state index contributed by atoms with van der Waals surface area (Å²) in [6.07, 6.45) is 1.50. The van der Waals surface area contributed by atoms with Gasteiger partial charge in [0.2, 0.25) is 0 Å². The van der Waals surface area contributed by atoms with Crippen LogP contribution >= 0.6 is 11.6 Å². The van der Waals surface area contributed by atoms with E-state index in [1.165, 1.54) is 6.33 Å². The standard InChI is InChI=1S/C12H20ClN3O/c1-8(2)10-11(13)14-7-15-12(10)16(4)9(3)6-17-5/h7-9H,6H2,1-5H3. The second kappa shape index (κ2) is 6.17. The van der Waals surface area contributed by atoms with Crippen molar-refractivity contribution in [2.75, 3.05) is 25.7 Å². The molecule has 0 aliphatic carbocycles. The molecule has 1 atom stereocenters. The van der Waals surface area contributed by atoms with Crippen LogP contribution in [0.1, 0.15) is 32.3 Å². The van der Waals surface area contributed by atoms with Gasteiger partial charge in [0, 0.05) is 19.7 Å². The SMILES string of the molecule is COCC(C)N(C)c1ncnc(Cl)c1C(C)C. The number of aromatic nitrogens is 2. The highest BCUT2D eigenvalue weighted by molar-refractivity contribution is 6.30. The largest absolute Gasteiger partial charge is 0.383 e. The minimum atomic E-state index is 0.239. The van der Waals surface area contributed by atoms with Crippen molar-refractivity contribution in [1.82, 2.24) is 9.97 Å². The normalized spacial score (nSPS) is 12.9. The lowest BCUT2D eigenvalue weighted by molar-refractivity contribution is 0.183. The van der Waals surface area contributed by atoms with Crippen LogP contribution in [-0.2, 0) is 4.74 Å². The molecule has 0 aromatic carbocycles. The molecule has 0 saturated heterocycles. The molecule has 0 bridgehead atoms. The number of anilines is 1. The van der Waals surface area contributed by atoms with Gasteiger partial charge in [-0.2, -0.15) is 0 Å². The molecule has 1 unspecified atom stereocenters. The number of ether oxygens (including phenoxy) is 1. The predicted octanol–water partition coefficient (Wildman–Crippen LogP) is 2.72. The van der Waals surface area contributed by atoms with Gasteiger partial charge in [-0.3, -0.25) is 0 Å². The predicted molar refractivity (Wildman–Crippen MR) is 70.9 cm³/mol. The number of methoxy groups -OCH3 is 1. The zero-order valence-corrected chi connectivity index (χ0v) is 11.8. The maximum Gasteiger partial charge on any atom is 0.138 e. The smallest absolute Gasteiger partial charge is 0.138 e. The van der Waals surface area contributed by atoms with Crippen molar-refractivity contribution in [3.63, 3.8) is 0 Å². The fourth-order valence-corrected chi connectivity index (χ4v) is 2.05. The van der Waals surface area contributed by atoms with Crippen LogP contribution in [0.3, 0.4) is 0 Å². The third kappa shape index (κ3) is 3.30. The van der Waals surface area contributed by atoms with Crippen molar-refractivity contribution in [2.24, 2.45) is 0 Å². The zero-order chi connectivity index (χ0) is 13.0. The van der Waals surface area contributed by atoms with E-state index in [9.17, 15) is 0 Å². The zero-order valence-electron chi connectivity index (χ0n) is 11.1. The molecule has 5 heteroatoms. The molecule has 1 aromatic rings. The molecule has 0 saturated carbocycles. The van der Waals surface area contributed by atoms with E-state index in [1.807, 2.05) is 7.05 Å². The monoisotopic (exact) mass is 257 g/mol. The van der Waals surface area contributed by atoms with E-state index in [0.717, 1.165) is 11.4 Å². The summed E-state index contributed by atoms with van der Waals surface area (Å²) < 4.78 is 5.16. The first-order valence-corrected chi connectivity index (χ1v) is 6.09. The van der Waals surface area contributed by atoms with E-state index >= 15 is 0 Å². The lowest BCUT2D eigenvalue weighted by Crippen LogP contribution is -2.34. The van der Waals surface area contributed by atoms with Crippen LogP contribution in [0.25, 0.3) is 0 Å². The van der Waals surface area contributed by atoms with Crippen molar-refractivity contribution in [3.8, 4) is 0 Å². The topological polar surface area (TPSA) is 38.2 Å². The third-order valence-corrected chi connectivity index (χ3v) is 3.10. The van der Waals surface area contributed by atoms with Crippen LogP contribution in [0.15, 0.2) is 6.33 Å². The van der Waals surface area contributed by atoms with Crippen LogP contribution in [0, 0.1) is 0 Å². The van der Waals surface area contributed by atoms with E-state index < -0.39 is 0 Å². The van der Waals surface area contributed by atoms with Gasteiger partial charge in [0.1, 0.15) is 17.3 Å². The lowest BCUT2D eigenvalue weighted by atomic mass is 10.1. The van der Waals surface area contributed by atoms with Gasteiger partial charge in [0.25, 0.3) is 0 Å². The van der Waals surface area contributed by atoms with Crippen molar-refractivity contribution < 1.29 is 4.74 Å². The van der Waals surface area contributed by atoms with Crippen molar-refractivity contribution in [3.05, 3.63) is 17.0 Å². The Balaban J connectivity index is 3.08. The van der Waals surface area contributed by atoms with Gasteiger partial charge < -0.3 is 9.64 Å². The fourth-order valence-electron chi connectivity index (χ4n) is 1.70. The summed E-state index contributed by atoms with van der Waals surface area (Å²) >= 11 is 6.14. The Hall–Kier alpha value is -0.870. The molecule has 0 fully saturated rings. The second-order valence-corrected chi connectivity index (χ2v) is 4.83. The highest BCUT2D eigenvalue weighted by Crippen LogP contribution is 2.30.